The lowest BCUT2D eigenvalue weighted by Crippen LogP contribution is -2.32. The second-order valence-electron chi connectivity index (χ2n) is 3.44. The van der Waals surface area contributed by atoms with Gasteiger partial charge in [0.15, 0.2) is 0 Å². The van der Waals surface area contributed by atoms with Crippen LogP contribution in [0.15, 0.2) is 0 Å². The van der Waals surface area contributed by atoms with E-state index in [1.807, 2.05) is 0 Å². The molecule has 0 amide bonds. The highest BCUT2D eigenvalue weighted by molar-refractivity contribution is 4.50. The molecule has 0 aliphatic rings. The molecule has 0 radical (unpaired) electrons. The van der Waals surface area contributed by atoms with E-state index in [1.165, 1.54) is 32.2 Å². The second-order valence-corrected chi connectivity index (χ2v) is 3.44. The van der Waals surface area contributed by atoms with Crippen LogP contribution in [-0.2, 0) is 0 Å². The van der Waals surface area contributed by atoms with Crippen molar-refractivity contribution in [3.63, 3.8) is 0 Å². The highest BCUT2D eigenvalue weighted by atomic mass is 15.2. The average Bonchev–Trinajstić information content (AvgIpc) is 2.09. The first-order valence-corrected chi connectivity index (χ1v) is 5.20. The minimum atomic E-state index is 1.04. The van der Waals surface area contributed by atoms with Crippen molar-refractivity contribution >= 4 is 0 Å². The van der Waals surface area contributed by atoms with Crippen molar-refractivity contribution < 1.29 is 0 Å². The van der Waals surface area contributed by atoms with Crippen LogP contribution in [0.25, 0.3) is 0 Å². The first kappa shape index (κ1) is 11.9. The van der Waals surface area contributed by atoms with Crippen LogP contribution in [0, 0.1) is 0 Å². The summed E-state index contributed by atoms with van der Waals surface area (Å²) in [4.78, 5) is 2.35. The quantitative estimate of drug-likeness (QED) is 0.445. The summed E-state index contributed by atoms with van der Waals surface area (Å²) in [6.45, 7) is 7.88. The maximum absolute atomic E-state index is 3.42. The fourth-order valence-corrected chi connectivity index (χ4v) is 1.08. The van der Waals surface area contributed by atoms with Gasteiger partial charge in [0.2, 0.25) is 0 Å². The number of hydrogen-bond acceptors (Lipinski definition) is 2. The Balaban J connectivity index is 3.02. The lowest BCUT2D eigenvalue weighted by atomic mass is 10.3. The average molecular weight is 172 g/mol. The minimum absolute atomic E-state index is 1.04. The van der Waals surface area contributed by atoms with Crippen LogP contribution in [0.4, 0.5) is 0 Å². The molecule has 0 atom stereocenters. The standard InChI is InChI=1S/C10H24N2/c1-4-6-8-11-10-12(3)9-7-5-2/h11H,4-10H2,1-3H3. The fraction of sp³-hybridized carbons (Fsp3) is 1.00. The van der Waals surface area contributed by atoms with Gasteiger partial charge in [0, 0.05) is 6.67 Å². The predicted octanol–water partition coefficient (Wildman–Crippen LogP) is 2.07. The van der Waals surface area contributed by atoms with E-state index >= 15 is 0 Å². The fourth-order valence-electron chi connectivity index (χ4n) is 1.08. The number of nitrogens with one attached hydrogen (secondary N) is 1. The maximum Gasteiger partial charge on any atom is 0.0477 e. The highest BCUT2D eigenvalue weighted by Crippen LogP contribution is 1.89. The Morgan fingerprint density at radius 3 is 2.33 bits per heavy atom. The third-order valence-corrected chi connectivity index (χ3v) is 1.98. The van der Waals surface area contributed by atoms with E-state index in [9.17, 15) is 0 Å². The van der Waals surface area contributed by atoms with E-state index in [1.54, 1.807) is 0 Å². The van der Waals surface area contributed by atoms with Gasteiger partial charge in [-0.3, -0.25) is 4.90 Å². The third kappa shape index (κ3) is 8.02. The van der Waals surface area contributed by atoms with Gasteiger partial charge >= 0.3 is 0 Å². The molecule has 12 heavy (non-hydrogen) atoms. The molecule has 1 N–H and O–H groups in total. The van der Waals surface area contributed by atoms with Crippen molar-refractivity contribution in [1.29, 1.82) is 0 Å². The van der Waals surface area contributed by atoms with Gasteiger partial charge in [-0.15, -0.1) is 0 Å². The van der Waals surface area contributed by atoms with Gasteiger partial charge in [-0.05, 0) is 33.0 Å². The van der Waals surface area contributed by atoms with Crippen molar-refractivity contribution in [3.8, 4) is 0 Å². The summed E-state index contributed by atoms with van der Waals surface area (Å²) in [7, 11) is 2.18. The molecule has 0 aliphatic heterocycles. The van der Waals surface area contributed by atoms with Gasteiger partial charge < -0.3 is 5.32 Å². The lowest BCUT2D eigenvalue weighted by Gasteiger charge is -2.16. The second kappa shape index (κ2) is 9.01. The molecule has 0 unspecified atom stereocenters. The molecule has 0 heterocycles. The van der Waals surface area contributed by atoms with E-state index in [0.717, 1.165) is 13.2 Å². The molecule has 74 valence electrons. The maximum atomic E-state index is 3.42. The Morgan fingerprint density at radius 2 is 1.75 bits per heavy atom. The topological polar surface area (TPSA) is 15.3 Å². The molecular formula is C10H24N2. The molecule has 0 aromatic rings. The summed E-state index contributed by atoms with van der Waals surface area (Å²) >= 11 is 0. The Labute approximate surface area is 77.3 Å². The zero-order valence-electron chi connectivity index (χ0n) is 8.90. The van der Waals surface area contributed by atoms with Gasteiger partial charge in [0.05, 0.1) is 0 Å². The molecule has 0 bridgehead atoms. The van der Waals surface area contributed by atoms with Gasteiger partial charge in [0.1, 0.15) is 0 Å². The number of nitrogens with zero attached hydrogens (tertiary/aromatic N) is 1. The third-order valence-electron chi connectivity index (χ3n) is 1.98. The largest absolute Gasteiger partial charge is 0.304 e. The molecule has 0 saturated heterocycles. The summed E-state index contributed by atoms with van der Waals surface area (Å²) in [6.07, 6.45) is 5.18. The highest BCUT2D eigenvalue weighted by Gasteiger charge is 1.94. The number of hydrogen-bond donors (Lipinski definition) is 1. The molecule has 0 aliphatic carbocycles. The van der Waals surface area contributed by atoms with Crippen LogP contribution in [0.3, 0.4) is 0 Å². The Kier molecular flexibility index (Phi) is 8.95. The van der Waals surface area contributed by atoms with Crippen molar-refractivity contribution in [2.24, 2.45) is 0 Å². The van der Waals surface area contributed by atoms with E-state index < -0.39 is 0 Å². The van der Waals surface area contributed by atoms with Crippen LogP contribution < -0.4 is 5.32 Å². The number of rotatable bonds is 8. The van der Waals surface area contributed by atoms with Crippen LogP contribution in [-0.4, -0.2) is 31.7 Å². The van der Waals surface area contributed by atoms with Crippen LogP contribution in [0.5, 0.6) is 0 Å². The zero-order chi connectivity index (χ0) is 9.23. The Morgan fingerprint density at radius 1 is 1.08 bits per heavy atom. The lowest BCUT2D eigenvalue weighted by molar-refractivity contribution is 0.301. The molecule has 0 rings (SSSR count). The Bertz CT molecular complexity index is 83.9. The van der Waals surface area contributed by atoms with E-state index in [2.05, 4.69) is 31.1 Å². The molecular weight excluding hydrogens is 148 g/mol. The molecule has 0 saturated carbocycles. The van der Waals surface area contributed by atoms with Crippen molar-refractivity contribution in [1.82, 2.24) is 10.2 Å². The molecule has 2 nitrogen and oxygen atoms in total. The number of unbranched alkanes of at least 4 members (excludes halogenated alkanes) is 2. The normalized spacial score (nSPS) is 11.0. The summed E-state index contributed by atoms with van der Waals surface area (Å²) < 4.78 is 0. The van der Waals surface area contributed by atoms with Gasteiger partial charge in [0.25, 0.3) is 0 Å². The van der Waals surface area contributed by atoms with Crippen molar-refractivity contribution in [2.75, 3.05) is 26.8 Å². The van der Waals surface area contributed by atoms with Crippen molar-refractivity contribution in [2.45, 2.75) is 39.5 Å². The van der Waals surface area contributed by atoms with Crippen molar-refractivity contribution in [3.05, 3.63) is 0 Å². The molecule has 0 aromatic carbocycles. The van der Waals surface area contributed by atoms with Gasteiger partial charge in [-0.2, -0.15) is 0 Å². The van der Waals surface area contributed by atoms with Gasteiger partial charge in [-0.1, -0.05) is 26.7 Å². The predicted molar refractivity (Wildman–Crippen MR) is 55.3 cm³/mol. The molecule has 0 fully saturated rings. The van der Waals surface area contributed by atoms with E-state index in [-0.39, 0.29) is 0 Å². The first-order valence-electron chi connectivity index (χ1n) is 5.20. The van der Waals surface area contributed by atoms with Crippen LogP contribution in [0.1, 0.15) is 39.5 Å². The summed E-state index contributed by atoms with van der Waals surface area (Å²) in [5.41, 5.74) is 0. The van der Waals surface area contributed by atoms with Crippen LogP contribution in [0.2, 0.25) is 0 Å². The van der Waals surface area contributed by atoms with Crippen LogP contribution >= 0.6 is 0 Å². The molecule has 2 heteroatoms. The van der Waals surface area contributed by atoms with E-state index in [0.29, 0.717) is 0 Å². The summed E-state index contributed by atoms with van der Waals surface area (Å²) in [5, 5.41) is 3.42. The summed E-state index contributed by atoms with van der Waals surface area (Å²) in [6, 6.07) is 0. The monoisotopic (exact) mass is 172 g/mol. The SMILES string of the molecule is CCCCNCN(C)CCCC. The Hall–Kier alpha value is -0.0800. The molecule has 0 aromatic heterocycles. The zero-order valence-corrected chi connectivity index (χ0v) is 8.90. The minimum Gasteiger partial charge on any atom is -0.304 e. The smallest absolute Gasteiger partial charge is 0.0477 e. The van der Waals surface area contributed by atoms with Gasteiger partial charge in [-0.25, -0.2) is 0 Å². The van der Waals surface area contributed by atoms with E-state index in [4.69, 9.17) is 0 Å². The summed E-state index contributed by atoms with van der Waals surface area (Å²) in [5.74, 6) is 0. The molecule has 0 spiro atoms. The first-order chi connectivity index (χ1) is 5.81.